The zero-order valence-corrected chi connectivity index (χ0v) is 23.2. The highest BCUT2D eigenvalue weighted by molar-refractivity contribution is 7.21. The van der Waals surface area contributed by atoms with E-state index in [1.807, 2.05) is 59.5 Å². The molecule has 1 saturated heterocycles. The minimum Gasteiger partial charge on any atom is -0.497 e. The van der Waals surface area contributed by atoms with Crippen LogP contribution in [0.4, 0.5) is 9.52 Å². The first-order chi connectivity index (χ1) is 20.0. The van der Waals surface area contributed by atoms with Crippen LogP contribution in [0.3, 0.4) is 0 Å². The summed E-state index contributed by atoms with van der Waals surface area (Å²) < 4.78 is 21.0. The Hall–Kier alpha value is -4.57. The Balaban J connectivity index is 1.35. The number of nitrogens with one attached hydrogen (secondary N) is 1. The first kappa shape index (κ1) is 26.6. The smallest absolute Gasteiger partial charge is 0.281 e. The lowest BCUT2D eigenvalue weighted by Gasteiger charge is -2.23. The molecule has 0 radical (unpaired) electrons. The molecular formula is C31H28FN5O3S. The largest absolute Gasteiger partial charge is 0.497 e. The molecule has 1 atom stereocenters. The maximum absolute atomic E-state index is 14.2. The highest BCUT2D eigenvalue weighted by atomic mass is 32.1. The number of rotatable bonds is 8. The van der Waals surface area contributed by atoms with Gasteiger partial charge in [0.2, 0.25) is 5.91 Å². The maximum atomic E-state index is 14.2. The van der Waals surface area contributed by atoms with E-state index in [0.717, 1.165) is 17.5 Å². The summed E-state index contributed by atoms with van der Waals surface area (Å²) in [6, 6.07) is 22.8. The molecule has 6 rings (SSSR count). The number of halogens is 1. The fourth-order valence-electron chi connectivity index (χ4n) is 5.10. The molecule has 0 saturated carbocycles. The zero-order chi connectivity index (χ0) is 28.3. The second-order valence-corrected chi connectivity index (χ2v) is 10.8. The molecule has 8 nitrogen and oxygen atoms in total. The summed E-state index contributed by atoms with van der Waals surface area (Å²) in [4.78, 5) is 39.0. The number of nitrogens with zero attached hydrogens (tertiary/aromatic N) is 4. The van der Waals surface area contributed by atoms with Crippen molar-refractivity contribution >= 4 is 32.7 Å². The predicted octanol–water partition coefficient (Wildman–Crippen LogP) is 5.00. The van der Waals surface area contributed by atoms with E-state index in [0.29, 0.717) is 46.6 Å². The van der Waals surface area contributed by atoms with Crippen molar-refractivity contribution < 1.29 is 13.9 Å². The van der Waals surface area contributed by atoms with Gasteiger partial charge in [-0.15, -0.1) is 0 Å². The highest BCUT2D eigenvalue weighted by Gasteiger charge is 2.33. The Morgan fingerprint density at radius 1 is 1.05 bits per heavy atom. The minimum atomic E-state index is -0.417. The van der Waals surface area contributed by atoms with Gasteiger partial charge in [-0.3, -0.25) is 14.2 Å². The molecule has 3 heterocycles. The summed E-state index contributed by atoms with van der Waals surface area (Å²) in [7, 11) is 1.59. The van der Waals surface area contributed by atoms with E-state index in [4.69, 9.17) is 14.7 Å². The van der Waals surface area contributed by atoms with Crippen molar-refractivity contribution in [3.63, 3.8) is 0 Å². The van der Waals surface area contributed by atoms with Crippen LogP contribution in [0.5, 0.6) is 5.75 Å². The molecule has 0 unspecified atom stereocenters. The van der Waals surface area contributed by atoms with Gasteiger partial charge in [-0.1, -0.05) is 65.9 Å². The lowest BCUT2D eigenvalue weighted by atomic mass is 10.1. The quantitative estimate of drug-likeness (QED) is 0.283. The third-order valence-corrected chi connectivity index (χ3v) is 8.19. The number of fused-ring (bicyclic) bond motifs is 1. The van der Waals surface area contributed by atoms with Gasteiger partial charge < -0.3 is 15.0 Å². The van der Waals surface area contributed by atoms with Gasteiger partial charge in [0.05, 0.1) is 13.7 Å². The first-order valence-corrected chi connectivity index (χ1v) is 14.2. The molecule has 1 aliphatic rings. The number of thiazole rings is 1. The standard InChI is InChI=1S/C31H28FN5O3S/c1-40-24-14-12-21(13-15-24)19-37-27(22-9-5-10-23(32)17-22)35-29-26(30(37)39)34-31(41-29)36-16-6-11-25(36)28(38)33-18-20-7-3-2-4-8-20/h2-5,7-10,12-15,17,25H,6,11,16,18-19H2,1H3,(H,33,38)/t25-/m1/s1. The third kappa shape index (κ3) is 5.55. The van der Waals surface area contributed by atoms with E-state index in [9.17, 15) is 14.0 Å². The topological polar surface area (TPSA) is 89.3 Å². The normalized spacial score (nSPS) is 14.9. The fourth-order valence-corrected chi connectivity index (χ4v) is 6.11. The van der Waals surface area contributed by atoms with Gasteiger partial charge in [0.25, 0.3) is 5.56 Å². The Morgan fingerprint density at radius 3 is 2.61 bits per heavy atom. The molecule has 208 valence electrons. The number of ether oxygens (including phenoxy) is 1. The van der Waals surface area contributed by atoms with Gasteiger partial charge in [-0.25, -0.2) is 14.4 Å². The molecule has 0 bridgehead atoms. The van der Waals surface area contributed by atoms with Crippen LogP contribution >= 0.6 is 11.3 Å². The summed E-state index contributed by atoms with van der Waals surface area (Å²) in [5, 5.41) is 3.61. The van der Waals surface area contributed by atoms with E-state index in [1.54, 1.807) is 19.2 Å². The maximum Gasteiger partial charge on any atom is 0.281 e. The summed E-state index contributed by atoms with van der Waals surface area (Å²) in [6.45, 7) is 1.32. The van der Waals surface area contributed by atoms with Gasteiger partial charge in [0.15, 0.2) is 15.5 Å². The number of carbonyl (C=O) groups is 1. The Labute approximate surface area is 240 Å². The van der Waals surface area contributed by atoms with E-state index in [2.05, 4.69) is 5.32 Å². The summed E-state index contributed by atoms with van der Waals surface area (Å²) >= 11 is 1.28. The molecule has 0 spiro atoms. The van der Waals surface area contributed by atoms with Crippen LogP contribution in [0.15, 0.2) is 83.7 Å². The molecule has 5 aromatic rings. The summed E-state index contributed by atoms with van der Waals surface area (Å²) in [5.74, 6) is 0.568. The van der Waals surface area contributed by atoms with Crippen LogP contribution < -0.4 is 20.5 Å². The van der Waals surface area contributed by atoms with Crippen molar-refractivity contribution in [1.82, 2.24) is 19.9 Å². The number of hydrogen-bond donors (Lipinski definition) is 1. The third-order valence-electron chi connectivity index (χ3n) is 7.20. The molecule has 1 aliphatic heterocycles. The zero-order valence-electron chi connectivity index (χ0n) is 22.4. The van der Waals surface area contributed by atoms with Crippen molar-refractivity contribution in [2.75, 3.05) is 18.6 Å². The number of anilines is 1. The van der Waals surface area contributed by atoms with Crippen molar-refractivity contribution in [2.24, 2.45) is 0 Å². The molecule has 0 aliphatic carbocycles. The van der Waals surface area contributed by atoms with Crippen LogP contribution in [0.2, 0.25) is 0 Å². The molecule has 41 heavy (non-hydrogen) atoms. The molecule has 1 fully saturated rings. The summed E-state index contributed by atoms with van der Waals surface area (Å²) in [5.41, 5.74) is 2.28. The van der Waals surface area contributed by atoms with Gasteiger partial charge in [0.1, 0.15) is 23.4 Å². The van der Waals surface area contributed by atoms with Crippen molar-refractivity contribution in [2.45, 2.75) is 32.0 Å². The number of hydrogen-bond acceptors (Lipinski definition) is 7. The first-order valence-electron chi connectivity index (χ1n) is 13.4. The predicted molar refractivity (Wildman–Crippen MR) is 158 cm³/mol. The molecule has 1 N–H and O–H groups in total. The van der Waals surface area contributed by atoms with Crippen molar-refractivity contribution in [3.05, 3.63) is 106 Å². The SMILES string of the molecule is COc1ccc(Cn2c(-c3cccc(F)c3)nc3sc(N4CCC[C@@H]4C(=O)NCc4ccccc4)nc3c2=O)cc1. The monoisotopic (exact) mass is 569 g/mol. The number of methoxy groups -OCH3 is 1. The van der Waals surface area contributed by atoms with Gasteiger partial charge >= 0.3 is 0 Å². The Bertz CT molecular complexity index is 1750. The number of amides is 1. The molecule has 2 aromatic heterocycles. The number of aromatic nitrogens is 3. The van der Waals surface area contributed by atoms with Crippen LogP contribution in [-0.4, -0.2) is 40.1 Å². The molecule has 3 aromatic carbocycles. The average molecular weight is 570 g/mol. The Kier molecular flexibility index (Phi) is 7.47. The molecule has 1 amide bonds. The van der Waals surface area contributed by atoms with Gasteiger partial charge in [-0.2, -0.15) is 0 Å². The lowest BCUT2D eigenvalue weighted by molar-refractivity contribution is -0.122. The van der Waals surface area contributed by atoms with E-state index in [-0.39, 0.29) is 29.6 Å². The number of benzene rings is 3. The van der Waals surface area contributed by atoms with Crippen molar-refractivity contribution in [1.29, 1.82) is 0 Å². The van der Waals surface area contributed by atoms with E-state index in [1.165, 1.54) is 28.0 Å². The van der Waals surface area contributed by atoms with Crippen LogP contribution in [0.1, 0.15) is 24.0 Å². The second kappa shape index (κ2) is 11.5. The van der Waals surface area contributed by atoms with Crippen molar-refractivity contribution in [3.8, 4) is 17.1 Å². The molecular weight excluding hydrogens is 541 g/mol. The van der Waals surface area contributed by atoms with Crippen LogP contribution in [-0.2, 0) is 17.9 Å². The molecule has 10 heteroatoms. The Morgan fingerprint density at radius 2 is 1.85 bits per heavy atom. The van der Waals surface area contributed by atoms with Gasteiger partial charge in [-0.05, 0) is 48.2 Å². The van der Waals surface area contributed by atoms with Crippen LogP contribution in [0.25, 0.3) is 21.7 Å². The second-order valence-electron chi connectivity index (χ2n) is 9.89. The van der Waals surface area contributed by atoms with E-state index >= 15 is 0 Å². The van der Waals surface area contributed by atoms with Crippen LogP contribution in [0, 0.1) is 5.82 Å². The van der Waals surface area contributed by atoms with Gasteiger partial charge in [0, 0.05) is 18.7 Å². The lowest BCUT2D eigenvalue weighted by Crippen LogP contribution is -2.43. The minimum absolute atomic E-state index is 0.0732. The number of carbonyl (C=O) groups excluding carboxylic acids is 1. The van der Waals surface area contributed by atoms with E-state index < -0.39 is 5.82 Å². The average Bonchev–Trinajstić information content (AvgIpc) is 3.66. The fraction of sp³-hybridized carbons (Fsp3) is 0.226. The summed E-state index contributed by atoms with van der Waals surface area (Å²) in [6.07, 6.45) is 1.53. The highest BCUT2D eigenvalue weighted by Crippen LogP contribution is 2.33.